The summed E-state index contributed by atoms with van der Waals surface area (Å²) in [4.78, 5) is 37.4. The first-order valence-electron chi connectivity index (χ1n) is 9.43. The van der Waals surface area contributed by atoms with Crippen molar-refractivity contribution in [2.24, 2.45) is 0 Å². The lowest BCUT2D eigenvalue weighted by atomic mass is 10.2. The zero-order valence-corrected chi connectivity index (χ0v) is 18.3. The number of amides is 2. The van der Waals surface area contributed by atoms with Crippen molar-refractivity contribution in [2.45, 2.75) is 24.8 Å². The first kappa shape index (κ1) is 24.0. The molecular weight excluding hydrogens is 422 g/mol. The number of hydrogen-bond acceptors (Lipinski definition) is 6. The maximum Gasteiger partial charge on any atom is 0.324 e. The predicted octanol–water partition coefficient (Wildman–Crippen LogP) is 1.30. The van der Waals surface area contributed by atoms with Gasteiger partial charge in [0.2, 0.25) is 15.9 Å². The smallest absolute Gasteiger partial charge is 0.324 e. The molecule has 2 N–H and O–H groups in total. The Morgan fingerprint density at radius 3 is 2.26 bits per heavy atom. The molecule has 0 aliphatic rings. The van der Waals surface area contributed by atoms with Gasteiger partial charge in [-0.05, 0) is 38.1 Å². The Kier molecular flexibility index (Phi) is 8.29. The van der Waals surface area contributed by atoms with Crippen LogP contribution < -0.4 is 10.0 Å². The number of nitrogens with zero attached hydrogens (tertiary/aromatic N) is 1. The van der Waals surface area contributed by atoms with E-state index >= 15 is 0 Å². The number of benzene rings is 2. The molecule has 9 nitrogen and oxygen atoms in total. The van der Waals surface area contributed by atoms with Crippen LogP contribution in [-0.4, -0.2) is 57.3 Å². The molecular formula is C21H25N3O6S. The Bertz CT molecular complexity index is 1020. The van der Waals surface area contributed by atoms with Crippen molar-refractivity contribution < 1.29 is 27.5 Å². The van der Waals surface area contributed by atoms with Gasteiger partial charge in [-0.25, -0.2) is 8.42 Å². The summed E-state index contributed by atoms with van der Waals surface area (Å²) in [5, 5.41) is 2.66. The second-order valence-corrected chi connectivity index (χ2v) is 8.64. The monoisotopic (exact) mass is 447 g/mol. The van der Waals surface area contributed by atoms with Crippen molar-refractivity contribution in [1.82, 2.24) is 9.62 Å². The Hall–Kier alpha value is -3.24. The summed E-state index contributed by atoms with van der Waals surface area (Å²) in [7, 11) is -2.51. The molecule has 31 heavy (non-hydrogen) atoms. The third-order valence-electron chi connectivity index (χ3n) is 4.22. The van der Waals surface area contributed by atoms with E-state index in [4.69, 9.17) is 4.74 Å². The summed E-state index contributed by atoms with van der Waals surface area (Å²) in [6, 6.07) is 13.5. The Morgan fingerprint density at radius 1 is 1.03 bits per heavy atom. The standard InChI is InChI=1S/C21H25N3O6S/c1-15-9-11-17(12-10-15)22-19(25)13-24(3)20(26)14-30-21(27)16(2)23-31(28,29)18-7-5-4-6-8-18/h4-12,16,23H,13-14H2,1-3H3,(H,22,25). The second-order valence-electron chi connectivity index (χ2n) is 6.93. The molecule has 2 aromatic rings. The molecule has 0 fully saturated rings. The van der Waals surface area contributed by atoms with Crippen LogP contribution >= 0.6 is 0 Å². The van der Waals surface area contributed by atoms with Gasteiger partial charge in [0.25, 0.3) is 5.91 Å². The van der Waals surface area contributed by atoms with Gasteiger partial charge in [0.1, 0.15) is 6.04 Å². The molecule has 0 bridgehead atoms. The van der Waals surface area contributed by atoms with Crippen LogP contribution in [0.5, 0.6) is 0 Å². The number of anilines is 1. The van der Waals surface area contributed by atoms with Gasteiger partial charge < -0.3 is 15.0 Å². The average Bonchev–Trinajstić information content (AvgIpc) is 2.73. The number of ether oxygens (including phenoxy) is 1. The summed E-state index contributed by atoms with van der Waals surface area (Å²) >= 11 is 0. The SMILES string of the molecule is Cc1ccc(NC(=O)CN(C)C(=O)COC(=O)C(C)NS(=O)(=O)c2ccccc2)cc1. The van der Waals surface area contributed by atoms with Gasteiger partial charge in [0, 0.05) is 12.7 Å². The van der Waals surface area contributed by atoms with Crippen LogP contribution in [-0.2, 0) is 29.1 Å². The van der Waals surface area contributed by atoms with Gasteiger partial charge >= 0.3 is 5.97 Å². The Labute approximate surface area is 181 Å². The van der Waals surface area contributed by atoms with Crippen molar-refractivity contribution in [1.29, 1.82) is 0 Å². The fourth-order valence-electron chi connectivity index (χ4n) is 2.46. The van der Waals surface area contributed by atoms with Crippen molar-refractivity contribution in [3.05, 3.63) is 60.2 Å². The number of hydrogen-bond donors (Lipinski definition) is 2. The highest BCUT2D eigenvalue weighted by atomic mass is 32.2. The fraction of sp³-hybridized carbons (Fsp3) is 0.286. The van der Waals surface area contributed by atoms with Crippen molar-refractivity contribution in [3.63, 3.8) is 0 Å². The number of sulfonamides is 1. The van der Waals surface area contributed by atoms with Gasteiger partial charge in [0.15, 0.2) is 6.61 Å². The fourth-order valence-corrected chi connectivity index (χ4v) is 3.67. The Balaban J connectivity index is 1.80. The Morgan fingerprint density at radius 2 is 1.65 bits per heavy atom. The third kappa shape index (κ3) is 7.50. The van der Waals surface area contributed by atoms with E-state index in [1.54, 1.807) is 30.3 Å². The normalized spacial score (nSPS) is 12.0. The number of carbonyl (C=O) groups is 3. The molecule has 1 unspecified atom stereocenters. The first-order valence-corrected chi connectivity index (χ1v) is 10.9. The minimum Gasteiger partial charge on any atom is -0.454 e. The van der Waals surface area contributed by atoms with Crippen LogP contribution in [0.25, 0.3) is 0 Å². The number of aryl methyl sites for hydroxylation is 1. The van der Waals surface area contributed by atoms with E-state index in [9.17, 15) is 22.8 Å². The molecule has 0 aliphatic carbocycles. The van der Waals surface area contributed by atoms with E-state index < -0.39 is 40.5 Å². The second kappa shape index (κ2) is 10.7. The number of nitrogens with one attached hydrogen (secondary N) is 2. The van der Waals surface area contributed by atoms with E-state index in [2.05, 4.69) is 10.0 Å². The van der Waals surface area contributed by atoms with Crippen molar-refractivity contribution in [2.75, 3.05) is 25.5 Å². The average molecular weight is 448 g/mol. The molecule has 2 amide bonds. The molecule has 10 heteroatoms. The molecule has 0 spiro atoms. The van der Waals surface area contributed by atoms with E-state index in [1.165, 1.54) is 26.1 Å². The highest BCUT2D eigenvalue weighted by molar-refractivity contribution is 7.89. The van der Waals surface area contributed by atoms with Gasteiger partial charge in [0.05, 0.1) is 11.4 Å². The predicted molar refractivity (Wildman–Crippen MR) is 115 cm³/mol. The lowest BCUT2D eigenvalue weighted by Gasteiger charge is -2.18. The molecule has 2 rings (SSSR count). The van der Waals surface area contributed by atoms with Gasteiger partial charge in [-0.1, -0.05) is 35.9 Å². The number of esters is 1. The van der Waals surface area contributed by atoms with Crippen LogP contribution in [0.4, 0.5) is 5.69 Å². The molecule has 1 atom stereocenters. The minimum atomic E-state index is -3.91. The molecule has 0 radical (unpaired) electrons. The van der Waals surface area contributed by atoms with Crippen LogP contribution in [0.2, 0.25) is 0 Å². The summed E-state index contributed by atoms with van der Waals surface area (Å²) in [6.45, 7) is 2.38. The molecule has 166 valence electrons. The zero-order valence-electron chi connectivity index (χ0n) is 17.5. The lowest BCUT2D eigenvalue weighted by Crippen LogP contribution is -2.42. The van der Waals surface area contributed by atoms with Crippen LogP contribution in [0.3, 0.4) is 0 Å². The summed E-state index contributed by atoms with van der Waals surface area (Å²) in [5.74, 6) is -1.93. The molecule has 0 aliphatic heterocycles. The molecule has 0 saturated carbocycles. The zero-order chi connectivity index (χ0) is 23.0. The van der Waals surface area contributed by atoms with Crippen molar-refractivity contribution >= 4 is 33.5 Å². The van der Waals surface area contributed by atoms with Crippen molar-refractivity contribution in [3.8, 4) is 0 Å². The highest BCUT2D eigenvalue weighted by Gasteiger charge is 2.24. The van der Waals surface area contributed by atoms with Crippen LogP contribution in [0.15, 0.2) is 59.5 Å². The van der Waals surface area contributed by atoms with Gasteiger partial charge in [-0.3, -0.25) is 14.4 Å². The van der Waals surface area contributed by atoms with E-state index in [0.29, 0.717) is 5.69 Å². The number of rotatable bonds is 9. The van der Waals surface area contributed by atoms with E-state index in [1.807, 2.05) is 19.1 Å². The summed E-state index contributed by atoms with van der Waals surface area (Å²) < 4.78 is 31.6. The quantitative estimate of drug-likeness (QED) is 0.559. The molecule has 0 saturated heterocycles. The van der Waals surface area contributed by atoms with E-state index in [0.717, 1.165) is 10.5 Å². The summed E-state index contributed by atoms with van der Waals surface area (Å²) in [5.41, 5.74) is 1.65. The molecule has 0 heterocycles. The van der Waals surface area contributed by atoms with Gasteiger partial charge in [-0.2, -0.15) is 4.72 Å². The first-order chi connectivity index (χ1) is 14.6. The van der Waals surface area contributed by atoms with E-state index in [-0.39, 0.29) is 11.4 Å². The molecule has 2 aromatic carbocycles. The minimum absolute atomic E-state index is 0.00467. The number of likely N-dealkylation sites (N-methyl/N-ethyl adjacent to an activating group) is 1. The van der Waals surface area contributed by atoms with Crippen LogP contribution in [0, 0.1) is 6.92 Å². The topological polar surface area (TPSA) is 122 Å². The maximum absolute atomic E-state index is 12.2. The maximum atomic E-state index is 12.2. The summed E-state index contributed by atoms with van der Waals surface area (Å²) in [6.07, 6.45) is 0. The van der Waals surface area contributed by atoms with Gasteiger partial charge in [-0.15, -0.1) is 0 Å². The number of carbonyl (C=O) groups excluding carboxylic acids is 3. The highest BCUT2D eigenvalue weighted by Crippen LogP contribution is 2.09. The molecule has 0 aromatic heterocycles. The lowest BCUT2D eigenvalue weighted by molar-refractivity contribution is -0.152. The third-order valence-corrected chi connectivity index (χ3v) is 5.78. The largest absolute Gasteiger partial charge is 0.454 e. The van der Waals surface area contributed by atoms with Crippen LogP contribution in [0.1, 0.15) is 12.5 Å².